The molecule has 0 fully saturated rings. The molecule has 1 N–H and O–H groups in total. The second kappa shape index (κ2) is 4.75. The number of ether oxygens (including phenoxy) is 1. The maximum atomic E-state index is 10.8. The summed E-state index contributed by atoms with van der Waals surface area (Å²) in [6.45, 7) is 0.228. The number of aromatic carboxylic acids is 1. The van der Waals surface area contributed by atoms with Crippen LogP contribution in [-0.2, 0) is 11.3 Å². The molecule has 0 amide bonds. The fourth-order valence-corrected chi connectivity index (χ4v) is 1.35. The third-order valence-electron chi connectivity index (χ3n) is 2.10. The molecule has 6 nitrogen and oxygen atoms in total. The third-order valence-corrected chi connectivity index (χ3v) is 2.10. The summed E-state index contributed by atoms with van der Waals surface area (Å²) in [7, 11) is 1.52. The molecule has 0 bridgehead atoms. The van der Waals surface area contributed by atoms with Gasteiger partial charge in [0.05, 0.1) is 5.56 Å². The fraction of sp³-hybridized carbons (Fsp3) is 0.182. The molecule has 1 aromatic heterocycles. The van der Waals surface area contributed by atoms with Crippen LogP contribution in [0, 0.1) is 0 Å². The van der Waals surface area contributed by atoms with Crippen LogP contribution in [0.2, 0.25) is 0 Å². The molecule has 1 heterocycles. The molecule has 0 radical (unpaired) electrons. The number of carboxylic acids is 1. The fourth-order valence-electron chi connectivity index (χ4n) is 1.35. The van der Waals surface area contributed by atoms with E-state index in [9.17, 15) is 4.79 Å². The van der Waals surface area contributed by atoms with Crippen LogP contribution in [0.5, 0.6) is 0 Å². The minimum atomic E-state index is -0.993. The second-order valence-electron chi connectivity index (χ2n) is 3.33. The van der Waals surface area contributed by atoms with Crippen molar-refractivity contribution in [2.45, 2.75) is 6.61 Å². The molecule has 0 aliphatic carbocycles. The van der Waals surface area contributed by atoms with Gasteiger partial charge in [0.2, 0.25) is 5.82 Å². The summed E-state index contributed by atoms with van der Waals surface area (Å²) in [5, 5.41) is 12.6. The summed E-state index contributed by atoms with van der Waals surface area (Å²) < 4.78 is 9.77. The Morgan fingerprint density at radius 1 is 1.53 bits per heavy atom. The van der Waals surface area contributed by atoms with Gasteiger partial charge in [0, 0.05) is 12.7 Å². The highest BCUT2D eigenvalue weighted by atomic mass is 16.5. The predicted octanol–water partition coefficient (Wildman–Crippen LogP) is 1.58. The number of carbonyl (C=O) groups is 1. The Balaban J connectivity index is 2.32. The molecule has 6 heteroatoms. The van der Waals surface area contributed by atoms with Gasteiger partial charge in [-0.15, -0.1) is 0 Å². The molecule has 0 spiro atoms. The van der Waals surface area contributed by atoms with E-state index in [1.54, 1.807) is 12.1 Å². The Labute approximate surface area is 96.8 Å². The first kappa shape index (κ1) is 11.3. The first-order valence-corrected chi connectivity index (χ1v) is 4.86. The van der Waals surface area contributed by atoms with Crippen LogP contribution >= 0.6 is 0 Å². The average molecular weight is 234 g/mol. The van der Waals surface area contributed by atoms with Crippen molar-refractivity contribution in [1.29, 1.82) is 0 Å². The number of aromatic nitrogens is 2. The second-order valence-corrected chi connectivity index (χ2v) is 3.33. The highest BCUT2D eigenvalue weighted by Crippen LogP contribution is 2.17. The van der Waals surface area contributed by atoms with Crippen LogP contribution in [0.1, 0.15) is 16.2 Å². The Bertz CT molecular complexity index is 536. The highest BCUT2D eigenvalue weighted by Gasteiger charge is 2.10. The van der Waals surface area contributed by atoms with E-state index >= 15 is 0 Å². The number of benzene rings is 1. The first-order valence-electron chi connectivity index (χ1n) is 4.86. The largest absolute Gasteiger partial charge is 0.478 e. The first-order chi connectivity index (χ1) is 8.20. The molecule has 17 heavy (non-hydrogen) atoms. The number of carboxylic acid groups (broad SMARTS) is 1. The lowest BCUT2D eigenvalue weighted by molar-refractivity contribution is 0.0697. The molecule has 0 atom stereocenters. The summed E-state index contributed by atoms with van der Waals surface area (Å²) in [4.78, 5) is 14.9. The predicted molar refractivity (Wildman–Crippen MR) is 57.4 cm³/mol. The van der Waals surface area contributed by atoms with Gasteiger partial charge in [-0.05, 0) is 12.1 Å². The summed E-state index contributed by atoms with van der Waals surface area (Å²) in [5.41, 5.74) is 0.775. The SMILES string of the molecule is COCc1nc(-c2cccc(C(=O)O)c2)no1. The van der Waals surface area contributed by atoms with Crippen molar-refractivity contribution < 1.29 is 19.2 Å². The van der Waals surface area contributed by atoms with Gasteiger partial charge in [-0.25, -0.2) is 4.79 Å². The quantitative estimate of drug-likeness (QED) is 0.864. The molecule has 0 unspecified atom stereocenters. The normalized spacial score (nSPS) is 10.4. The Kier molecular flexibility index (Phi) is 3.15. The van der Waals surface area contributed by atoms with E-state index in [-0.39, 0.29) is 12.2 Å². The molecular weight excluding hydrogens is 224 g/mol. The van der Waals surface area contributed by atoms with Gasteiger partial charge in [-0.1, -0.05) is 17.3 Å². The van der Waals surface area contributed by atoms with Gasteiger partial charge in [0.25, 0.3) is 5.89 Å². The van der Waals surface area contributed by atoms with Gasteiger partial charge in [-0.3, -0.25) is 0 Å². The summed E-state index contributed by atoms with van der Waals surface area (Å²) in [6, 6.07) is 6.34. The van der Waals surface area contributed by atoms with Crippen molar-refractivity contribution in [1.82, 2.24) is 10.1 Å². The van der Waals surface area contributed by atoms with Crippen molar-refractivity contribution in [3.05, 3.63) is 35.7 Å². The van der Waals surface area contributed by atoms with E-state index in [2.05, 4.69) is 10.1 Å². The molecule has 0 saturated heterocycles. The minimum absolute atomic E-state index is 0.181. The molecule has 1 aromatic carbocycles. The number of rotatable bonds is 4. The molecule has 0 aliphatic rings. The Morgan fingerprint density at radius 2 is 2.35 bits per heavy atom. The van der Waals surface area contributed by atoms with E-state index in [1.807, 2.05) is 0 Å². The lowest BCUT2D eigenvalue weighted by atomic mass is 10.1. The number of methoxy groups -OCH3 is 1. The van der Waals surface area contributed by atoms with Crippen LogP contribution in [0.25, 0.3) is 11.4 Å². The van der Waals surface area contributed by atoms with E-state index in [4.69, 9.17) is 14.4 Å². The van der Waals surface area contributed by atoms with Crippen molar-refractivity contribution in [2.75, 3.05) is 7.11 Å². The monoisotopic (exact) mass is 234 g/mol. The van der Waals surface area contributed by atoms with E-state index < -0.39 is 5.97 Å². The number of hydrogen-bond acceptors (Lipinski definition) is 5. The van der Waals surface area contributed by atoms with Gasteiger partial charge < -0.3 is 14.4 Å². The lowest BCUT2D eigenvalue weighted by Crippen LogP contribution is -1.96. The van der Waals surface area contributed by atoms with Crippen molar-refractivity contribution in [3.8, 4) is 11.4 Å². The lowest BCUT2D eigenvalue weighted by Gasteiger charge is -1.96. The van der Waals surface area contributed by atoms with Crippen LogP contribution < -0.4 is 0 Å². The molecule has 0 saturated carbocycles. The Morgan fingerprint density at radius 3 is 3.06 bits per heavy atom. The summed E-state index contributed by atoms with van der Waals surface area (Å²) in [5.74, 6) is -0.296. The minimum Gasteiger partial charge on any atom is -0.478 e. The van der Waals surface area contributed by atoms with E-state index in [0.29, 0.717) is 17.3 Å². The van der Waals surface area contributed by atoms with Crippen LogP contribution in [-0.4, -0.2) is 28.3 Å². The maximum Gasteiger partial charge on any atom is 0.335 e. The zero-order valence-electron chi connectivity index (χ0n) is 9.08. The smallest absolute Gasteiger partial charge is 0.335 e. The number of nitrogens with zero attached hydrogens (tertiary/aromatic N) is 2. The molecule has 88 valence electrons. The van der Waals surface area contributed by atoms with Crippen LogP contribution in [0.15, 0.2) is 28.8 Å². The molecular formula is C11H10N2O4. The zero-order chi connectivity index (χ0) is 12.3. The molecule has 2 rings (SSSR count). The summed E-state index contributed by atoms with van der Waals surface area (Å²) >= 11 is 0. The van der Waals surface area contributed by atoms with Gasteiger partial charge in [0.15, 0.2) is 0 Å². The van der Waals surface area contributed by atoms with Crippen molar-refractivity contribution in [2.24, 2.45) is 0 Å². The van der Waals surface area contributed by atoms with E-state index in [0.717, 1.165) is 0 Å². The van der Waals surface area contributed by atoms with Crippen molar-refractivity contribution in [3.63, 3.8) is 0 Å². The molecule has 2 aromatic rings. The summed E-state index contributed by atoms with van der Waals surface area (Å²) in [6.07, 6.45) is 0. The van der Waals surface area contributed by atoms with E-state index in [1.165, 1.54) is 19.2 Å². The zero-order valence-corrected chi connectivity index (χ0v) is 9.08. The topological polar surface area (TPSA) is 85.5 Å². The van der Waals surface area contributed by atoms with Gasteiger partial charge >= 0.3 is 5.97 Å². The highest BCUT2D eigenvalue weighted by molar-refractivity contribution is 5.89. The van der Waals surface area contributed by atoms with Crippen LogP contribution in [0.3, 0.4) is 0 Å². The Hall–Kier alpha value is -2.21. The number of hydrogen-bond donors (Lipinski definition) is 1. The van der Waals surface area contributed by atoms with Crippen molar-refractivity contribution >= 4 is 5.97 Å². The molecule has 0 aliphatic heterocycles. The average Bonchev–Trinajstić information content (AvgIpc) is 2.78. The third kappa shape index (κ3) is 2.48. The standard InChI is InChI=1S/C11H10N2O4/c1-16-6-9-12-10(13-17-9)7-3-2-4-8(5-7)11(14)15/h2-5H,6H2,1H3,(H,14,15). The van der Waals surface area contributed by atoms with Crippen LogP contribution in [0.4, 0.5) is 0 Å². The maximum absolute atomic E-state index is 10.8. The van der Waals surface area contributed by atoms with Gasteiger partial charge in [-0.2, -0.15) is 4.98 Å². The van der Waals surface area contributed by atoms with Gasteiger partial charge in [0.1, 0.15) is 6.61 Å².